The Balaban J connectivity index is 2.52. The molecule has 98 valence electrons. The Morgan fingerprint density at radius 1 is 1.28 bits per heavy atom. The maximum Gasteiger partial charge on any atom is 0.135 e. The zero-order chi connectivity index (χ0) is 13.3. The lowest BCUT2D eigenvalue weighted by molar-refractivity contribution is 0.242. The number of fused-ring (bicyclic) bond motifs is 1. The van der Waals surface area contributed by atoms with Crippen LogP contribution in [-0.2, 0) is 6.61 Å². The van der Waals surface area contributed by atoms with E-state index in [-0.39, 0.29) is 18.8 Å². The van der Waals surface area contributed by atoms with Crippen molar-refractivity contribution in [3.8, 4) is 5.75 Å². The van der Waals surface area contributed by atoms with Gasteiger partial charge in [-0.1, -0.05) is 0 Å². The molecule has 0 atom stereocenters. The molecule has 1 aromatic carbocycles. The van der Waals surface area contributed by atoms with Gasteiger partial charge in [0, 0.05) is 12.1 Å². The van der Waals surface area contributed by atoms with Crippen molar-refractivity contribution in [1.29, 1.82) is 0 Å². The summed E-state index contributed by atoms with van der Waals surface area (Å²) in [4.78, 5) is 4.45. The van der Waals surface area contributed by atoms with Gasteiger partial charge in [-0.25, -0.2) is 4.98 Å². The average molecular weight is 248 g/mol. The van der Waals surface area contributed by atoms with E-state index < -0.39 is 0 Å². The van der Waals surface area contributed by atoms with E-state index in [9.17, 15) is 5.11 Å². The van der Waals surface area contributed by atoms with Gasteiger partial charge in [-0.2, -0.15) is 0 Å². The molecule has 0 spiro atoms. The second-order valence-electron chi connectivity index (χ2n) is 4.97. The predicted molar refractivity (Wildman–Crippen MR) is 71.8 cm³/mol. The van der Waals surface area contributed by atoms with Crippen LogP contribution in [0.4, 0.5) is 0 Å². The van der Waals surface area contributed by atoms with Crippen molar-refractivity contribution in [2.75, 3.05) is 0 Å². The number of benzene rings is 1. The number of rotatable bonds is 4. The molecule has 4 heteroatoms. The number of aromatic nitrogens is 2. The van der Waals surface area contributed by atoms with Crippen LogP contribution in [0.1, 0.15) is 39.6 Å². The van der Waals surface area contributed by atoms with Crippen molar-refractivity contribution < 1.29 is 9.84 Å². The summed E-state index contributed by atoms with van der Waals surface area (Å²) in [7, 11) is 0. The van der Waals surface area contributed by atoms with Crippen LogP contribution in [0.25, 0.3) is 11.0 Å². The largest absolute Gasteiger partial charge is 0.491 e. The minimum atomic E-state index is -0.0484. The van der Waals surface area contributed by atoms with Gasteiger partial charge in [-0.3, -0.25) is 0 Å². The van der Waals surface area contributed by atoms with Crippen molar-refractivity contribution in [3.63, 3.8) is 0 Å². The number of ether oxygens (including phenoxy) is 1. The highest BCUT2D eigenvalue weighted by Crippen LogP contribution is 2.25. The second-order valence-corrected chi connectivity index (χ2v) is 4.97. The van der Waals surface area contributed by atoms with E-state index in [1.807, 2.05) is 32.0 Å². The van der Waals surface area contributed by atoms with Crippen molar-refractivity contribution in [3.05, 3.63) is 24.0 Å². The first-order valence-electron chi connectivity index (χ1n) is 6.31. The monoisotopic (exact) mass is 248 g/mol. The van der Waals surface area contributed by atoms with Gasteiger partial charge in [0.15, 0.2) is 0 Å². The number of aliphatic hydroxyl groups is 1. The van der Waals surface area contributed by atoms with Crippen LogP contribution < -0.4 is 4.74 Å². The van der Waals surface area contributed by atoms with Crippen LogP contribution in [0.5, 0.6) is 5.75 Å². The number of nitrogens with zero attached hydrogens (tertiary/aromatic N) is 2. The summed E-state index contributed by atoms with van der Waals surface area (Å²) in [6, 6.07) is 6.14. The molecule has 0 fully saturated rings. The highest BCUT2D eigenvalue weighted by Gasteiger charge is 2.13. The van der Waals surface area contributed by atoms with E-state index in [0.29, 0.717) is 5.82 Å². The van der Waals surface area contributed by atoms with Gasteiger partial charge in [-0.05, 0) is 39.8 Å². The number of hydrogen-bond acceptors (Lipinski definition) is 3. The molecule has 18 heavy (non-hydrogen) atoms. The Kier molecular flexibility index (Phi) is 3.57. The number of hydrogen-bond donors (Lipinski definition) is 1. The van der Waals surface area contributed by atoms with Crippen molar-refractivity contribution in [2.24, 2.45) is 0 Å². The van der Waals surface area contributed by atoms with Crippen LogP contribution in [0.15, 0.2) is 18.2 Å². The maximum absolute atomic E-state index is 9.37. The summed E-state index contributed by atoms with van der Waals surface area (Å²) in [6.07, 6.45) is 0.145. The molecule has 1 aromatic heterocycles. The molecular weight excluding hydrogens is 228 g/mol. The fraction of sp³-hybridized carbons (Fsp3) is 0.500. The van der Waals surface area contributed by atoms with Crippen LogP contribution >= 0.6 is 0 Å². The molecule has 0 radical (unpaired) electrons. The van der Waals surface area contributed by atoms with Gasteiger partial charge < -0.3 is 14.4 Å². The summed E-state index contributed by atoms with van der Waals surface area (Å²) in [5.74, 6) is 1.51. The molecule has 0 saturated heterocycles. The molecule has 0 aliphatic rings. The Morgan fingerprint density at radius 3 is 2.56 bits per heavy atom. The zero-order valence-electron chi connectivity index (χ0n) is 11.3. The van der Waals surface area contributed by atoms with E-state index in [2.05, 4.69) is 23.4 Å². The Labute approximate surface area is 107 Å². The average Bonchev–Trinajstić information content (AvgIpc) is 2.65. The summed E-state index contributed by atoms with van der Waals surface area (Å²) < 4.78 is 7.70. The molecule has 0 bridgehead atoms. The first-order chi connectivity index (χ1) is 8.52. The third kappa shape index (κ3) is 2.34. The van der Waals surface area contributed by atoms with E-state index in [1.165, 1.54) is 0 Å². The summed E-state index contributed by atoms with van der Waals surface area (Å²) in [5, 5.41) is 9.37. The third-order valence-electron chi connectivity index (χ3n) is 2.76. The lowest BCUT2D eigenvalue weighted by atomic mass is 10.2. The molecule has 0 saturated carbocycles. The van der Waals surface area contributed by atoms with Crippen LogP contribution in [0.3, 0.4) is 0 Å². The Hall–Kier alpha value is -1.55. The highest BCUT2D eigenvalue weighted by atomic mass is 16.5. The predicted octanol–water partition coefficient (Wildman–Crippen LogP) is 2.90. The van der Waals surface area contributed by atoms with E-state index in [4.69, 9.17) is 4.74 Å². The summed E-state index contributed by atoms with van der Waals surface area (Å²) in [6.45, 7) is 8.11. The lowest BCUT2D eigenvalue weighted by Gasteiger charge is -2.12. The van der Waals surface area contributed by atoms with Crippen molar-refractivity contribution in [2.45, 2.75) is 46.4 Å². The van der Waals surface area contributed by atoms with Gasteiger partial charge in [0.25, 0.3) is 0 Å². The molecule has 0 aliphatic carbocycles. The van der Waals surface area contributed by atoms with Gasteiger partial charge in [0.1, 0.15) is 18.2 Å². The molecule has 1 heterocycles. The van der Waals surface area contributed by atoms with E-state index >= 15 is 0 Å². The molecule has 0 unspecified atom stereocenters. The number of aliphatic hydroxyl groups excluding tert-OH is 1. The van der Waals surface area contributed by atoms with Crippen LogP contribution in [-0.4, -0.2) is 20.8 Å². The van der Waals surface area contributed by atoms with Crippen molar-refractivity contribution in [1.82, 2.24) is 9.55 Å². The molecule has 4 nitrogen and oxygen atoms in total. The second kappa shape index (κ2) is 4.98. The van der Waals surface area contributed by atoms with Crippen LogP contribution in [0.2, 0.25) is 0 Å². The molecule has 1 N–H and O–H groups in total. The SMILES string of the molecule is CC(C)Oc1ccc2c(c1)nc(CO)n2C(C)C. The third-order valence-corrected chi connectivity index (χ3v) is 2.76. The fourth-order valence-electron chi connectivity index (χ4n) is 2.16. The zero-order valence-corrected chi connectivity index (χ0v) is 11.3. The van der Waals surface area contributed by atoms with E-state index in [1.54, 1.807) is 0 Å². The minimum absolute atomic E-state index is 0.0484. The Morgan fingerprint density at radius 2 is 2.00 bits per heavy atom. The Bertz CT molecular complexity index is 544. The van der Waals surface area contributed by atoms with E-state index in [0.717, 1.165) is 16.8 Å². The minimum Gasteiger partial charge on any atom is -0.491 e. The normalized spacial score (nSPS) is 11.7. The van der Waals surface area contributed by atoms with Gasteiger partial charge in [-0.15, -0.1) is 0 Å². The van der Waals surface area contributed by atoms with Crippen molar-refractivity contribution >= 4 is 11.0 Å². The first-order valence-corrected chi connectivity index (χ1v) is 6.31. The molecule has 0 amide bonds. The topological polar surface area (TPSA) is 47.3 Å². The standard InChI is InChI=1S/C14H20N2O2/c1-9(2)16-13-6-5-11(18-10(3)4)7-12(13)15-14(16)8-17/h5-7,9-10,17H,8H2,1-4H3. The molecular formula is C14H20N2O2. The molecule has 2 rings (SSSR count). The maximum atomic E-state index is 9.37. The number of imidazole rings is 1. The lowest BCUT2D eigenvalue weighted by Crippen LogP contribution is -2.06. The summed E-state index contributed by atoms with van der Waals surface area (Å²) in [5.41, 5.74) is 1.90. The van der Waals surface area contributed by atoms with Gasteiger partial charge in [0.05, 0.1) is 17.1 Å². The van der Waals surface area contributed by atoms with Gasteiger partial charge in [0.2, 0.25) is 0 Å². The molecule has 2 aromatic rings. The quantitative estimate of drug-likeness (QED) is 0.905. The van der Waals surface area contributed by atoms with Gasteiger partial charge >= 0.3 is 0 Å². The molecule has 0 aliphatic heterocycles. The summed E-state index contributed by atoms with van der Waals surface area (Å²) >= 11 is 0. The highest BCUT2D eigenvalue weighted by molar-refractivity contribution is 5.78. The van der Waals surface area contributed by atoms with Crippen LogP contribution in [0, 0.1) is 0 Å². The fourth-order valence-corrected chi connectivity index (χ4v) is 2.16. The first kappa shape index (κ1) is 12.9. The smallest absolute Gasteiger partial charge is 0.135 e.